The van der Waals surface area contributed by atoms with Crippen LogP contribution in [0.4, 0.5) is 5.95 Å². The van der Waals surface area contributed by atoms with Crippen molar-refractivity contribution < 1.29 is 4.79 Å². The summed E-state index contributed by atoms with van der Waals surface area (Å²) in [5.74, 6) is 2.26. The predicted molar refractivity (Wildman–Crippen MR) is 98.9 cm³/mol. The third-order valence-electron chi connectivity index (χ3n) is 5.58. The minimum absolute atomic E-state index is 0.180. The summed E-state index contributed by atoms with van der Waals surface area (Å²) in [5, 5.41) is 0. The molecule has 2 aliphatic rings. The standard InChI is InChI=1S/C19H26N6O/c20-17(26)13-24-11-9-21-18(24)15-6-3-10-25(12-15)19-22-8-7-16(23-19)14-4-1-2-5-14/h7-9,11,14-15H,1-6,10,12-13H2,(H2,20,26)/t15-/m0/s1. The van der Waals surface area contributed by atoms with E-state index in [0.717, 1.165) is 37.7 Å². The predicted octanol–water partition coefficient (Wildman–Crippen LogP) is 2.20. The van der Waals surface area contributed by atoms with Gasteiger partial charge in [0.25, 0.3) is 0 Å². The molecule has 1 amide bonds. The van der Waals surface area contributed by atoms with Crippen molar-refractivity contribution in [2.45, 2.75) is 56.9 Å². The maximum atomic E-state index is 11.3. The van der Waals surface area contributed by atoms with Gasteiger partial charge in [-0.2, -0.15) is 0 Å². The summed E-state index contributed by atoms with van der Waals surface area (Å²) in [6.45, 7) is 1.96. The van der Waals surface area contributed by atoms with E-state index in [1.54, 1.807) is 6.20 Å². The molecule has 2 aromatic heterocycles. The smallest absolute Gasteiger partial charge is 0.237 e. The zero-order chi connectivity index (χ0) is 17.9. The molecule has 0 unspecified atom stereocenters. The Balaban J connectivity index is 1.51. The van der Waals surface area contributed by atoms with Crippen molar-refractivity contribution in [3.63, 3.8) is 0 Å². The first-order chi connectivity index (χ1) is 12.7. The lowest BCUT2D eigenvalue weighted by Gasteiger charge is -2.33. The molecule has 1 atom stereocenters. The fraction of sp³-hybridized carbons (Fsp3) is 0.579. The molecule has 26 heavy (non-hydrogen) atoms. The third-order valence-corrected chi connectivity index (χ3v) is 5.58. The Morgan fingerprint density at radius 2 is 1.92 bits per heavy atom. The molecule has 138 valence electrons. The molecule has 0 aromatic carbocycles. The third kappa shape index (κ3) is 3.57. The van der Waals surface area contributed by atoms with E-state index >= 15 is 0 Å². The van der Waals surface area contributed by atoms with Crippen molar-refractivity contribution in [2.24, 2.45) is 5.73 Å². The van der Waals surface area contributed by atoms with Gasteiger partial charge in [-0.1, -0.05) is 12.8 Å². The topological polar surface area (TPSA) is 89.9 Å². The number of anilines is 1. The molecule has 0 spiro atoms. The number of aromatic nitrogens is 4. The molecule has 4 rings (SSSR count). The van der Waals surface area contributed by atoms with E-state index in [2.05, 4.69) is 20.9 Å². The molecule has 0 bridgehead atoms. The van der Waals surface area contributed by atoms with Gasteiger partial charge >= 0.3 is 0 Å². The van der Waals surface area contributed by atoms with Crippen molar-refractivity contribution >= 4 is 11.9 Å². The van der Waals surface area contributed by atoms with Crippen LogP contribution in [0.25, 0.3) is 0 Å². The molecule has 2 N–H and O–H groups in total. The molecule has 7 nitrogen and oxygen atoms in total. The van der Waals surface area contributed by atoms with Crippen LogP contribution >= 0.6 is 0 Å². The minimum Gasteiger partial charge on any atom is -0.368 e. The van der Waals surface area contributed by atoms with E-state index in [4.69, 9.17) is 10.7 Å². The number of imidazole rings is 1. The van der Waals surface area contributed by atoms with E-state index in [0.29, 0.717) is 5.92 Å². The van der Waals surface area contributed by atoms with Crippen molar-refractivity contribution in [3.8, 4) is 0 Å². The van der Waals surface area contributed by atoms with Gasteiger partial charge in [0.1, 0.15) is 12.4 Å². The van der Waals surface area contributed by atoms with Gasteiger partial charge in [0, 0.05) is 49.2 Å². The summed E-state index contributed by atoms with van der Waals surface area (Å²) >= 11 is 0. The Labute approximate surface area is 153 Å². The summed E-state index contributed by atoms with van der Waals surface area (Å²) in [7, 11) is 0. The average molecular weight is 354 g/mol. The molecule has 3 heterocycles. The van der Waals surface area contributed by atoms with Crippen molar-refractivity contribution in [1.29, 1.82) is 0 Å². The van der Waals surface area contributed by atoms with Crippen molar-refractivity contribution in [2.75, 3.05) is 18.0 Å². The van der Waals surface area contributed by atoms with Crippen LogP contribution in [0.1, 0.15) is 61.9 Å². The van der Waals surface area contributed by atoms with Crippen molar-refractivity contribution in [3.05, 3.63) is 36.2 Å². The monoisotopic (exact) mass is 354 g/mol. The molecule has 0 radical (unpaired) electrons. The molecule has 7 heteroatoms. The van der Waals surface area contributed by atoms with Crippen LogP contribution in [0.5, 0.6) is 0 Å². The van der Waals surface area contributed by atoms with Gasteiger partial charge in [-0.3, -0.25) is 4.79 Å². The van der Waals surface area contributed by atoms with E-state index in [-0.39, 0.29) is 18.4 Å². The molecule has 1 aliphatic heterocycles. The summed E-state index contributed by atoms with van der Waals surface area (Å²) < 4.78 is 1.87. The molecule has 2 aromatic rings. The zero-order valence-corrected chi connectivity index (χ0v) is 15.0. The van der Waals surface area contributed by atoms with Crippen LogP contribution in [-0.4, -0.2) is 38.5 Å². The Bertz CT molecular complexity index is 767. The van der Waals surface area contributed by atoms with Gasteiger partial charge in [-0.05, 0) is 31.7 Å². The number of primary amides is 1. The van der Waals surface area contributed by atoms with Gasteiger partial charge < -0.3 is 15.2 Å². The first kappa shape index (κ1) is 17.0. The Hall–Kier alpha value is -2.44. The van der Waals surface area contributed by atoms with E-state index in [1.165, 1.54) is 31.4 Å². The number of carbonyl (C=O) groups excluding carboxylic acids is 1. The lowest BCUT2D eigenvalue weighted by Crippen LogP contribution is -2.37. The fourth-order valence-electron chi connectivity index (χ4n) is 4.31. The van der Waals surface area contributed by atoms with Crippen molar-refractivity contribution in [1.82, 2.24) is 19.5 Å². The maximum absolute atomic E-state index is 11.3. The van der Waals surface area contributed by atoms with Gasteiger partial charge in [0.05, 0.1) is 0 Å². The largest absolute Gasteiger partial charge is 0.368 e. The van der Waals surface area contributed by atoms with Crippen LogP contribution < -0.4 is 10.6 Å². The Morgan fingerprint density at radius 1 is 1.12 bits per heavy atom. The van der Waals surface area contributed by atoms with Gasteiger partial charge in [-0.15, -0.1) is 0 Å². The number of nitrogens with zero attached hydrogens (tertiary/aromatic N) is 5. The number of rotatable bonds is 5. The SMILES string of the molecule is NC(=O)Cn1ccnc1[C@H]1CCCN(c2nccc(C3CCCC3)n2)C1. The summed E-state index contributed by atoms with van der Waals surface area (Å²) in [6, 6.07) is 2.07. The molecular formula is C19H26N6O. The van der Waals surface area contributed by atoms with E-state index in [1.807, 2.05) is 17.0 Å². The Morgan fingerprint density at radius 3 is 2.73 bits per heavy atom. The zero-order valence-electron chi connectivity index (χ0n) is 15.0. The second kappa shape index (κ2) is 7.43. The highest BCUT2D eigenvalue weighted by molar-refractivity contribution is 5.73. The number of piperidine rings is 1. The number of hydrogen-bond acceptors (Lipinski definition) is 5. The van der Waals surface area contributed by atoms with E-state index < -0.39 is 0 Å². The van der Waals surface area contributed by atoms with Crippen LogP contribution in [0.3, 0.4) is 0 Å². The molecule has 1 aliphatic carbocycles. The number of hydrogen-bond donors (Lipinski definition) is 1. The lowest BCUT2D eigenvalue weighted by molar-refractivity contribution is -0.118. The highest BCUT2D eigenvalue weighted by atomic mass is 16.1. The lowest BCUT2D eigenvalue weighted by atomic mass is 9.97. The minimum atomic E-state index is -0.343. The molecular weight excluding hydrogens is 328 g/mol. The first-order valence-corrected chi connectivity index (χ1v) is 9.58. The summed E-state index contributed by atoms with van der Waals surface area (Å²) in [5.41, 5.74) is 6.54. The normalized spacial score (nSPS) is 21.2. The maximum Gasteiger partial charge on any atom is 0.237 e. The summed E-state index contributed by atoms with van der Waals surface area (Å²) in [6.07, 6.45) is 12.7. The van der Waals surface area contributed by atoms with Crippen LogP contribution in [0.2, 0.25) is 0 Å². The number of amides is 1. The highest BCUT2D eigenvalue weighted by Crippen LogP contribution is 2.34. The van der Waals surface area contributed by atoms with E-state index in [9.17, 15) is 4.79 Å². The molecule has 2 fully saturated rings. The highest BCUT2D eigenvalue weighted by Gasteiger charge is 2.27. The fourth-order valence-corrected chi connectivity index (χ4v) is 4.31. The van der Waals surface area contributed by atoms with Crippen LogP contribution in [0, 0.1) is 0 Å². The van der Waals surface area contributed by atoms with Crippen LogP contribution in [-0.2, 0) is 11.3 Å². The first-order valence-electron chi connectivity index (χ1n) is 9.58. The van der Waals surface area contributed by atoms with Gasteiger partial charge in [0.2, 0.25) is 11.9 Å². The molecule has 1 saturated carbocycles. The number of carbonyl (C=O) groups is 1. The Kier molecular flexibility index (Phi) is 4.86. The molecule has 1 saturated heterocycles. The number of nitrogens with two attached hydrogens (primary N) is 1. The van der Waals surface area contributed by atoms with Gasteiger partial charge in [-0.25, -0.2) is 15.0 Å². The second-order valence-electron chi connectivity index (χ2n) is 7.43. The second-order valence-corrected chi connectivity index (χ2v) is 7.43. The average Bonchev–Trinajstić information content (AvgIpc) is 3.33. The van der Waals surface area contributed by atoms with Crippen LogP contribution in [0.15, 0.2) is 24.7 Å². The quantitative estimate of drug-likeness (QED) is 0.889. The summed E-state index contributed by atoms with van der Waals surface area (Å²) in [4.78, 5) is 27.5. The van der Waals surface area contributed by atoms with Gasteiger partial charge in [0.15, 0.2) is 0 Å².